The van der Waals surface area contributed by atoms with Crippen molar-refractivity contribution in [3.05, 3.63) is 23.8 Å². The molecule has 0 saturated heterocycles. The van der Waals surface area contributed by atoms with E-state index in [0.29, 0.717) is 24.9 Å². The summed E-state index contributed by atoms with van der Waals surface area (Å²) in [6, 6.07) is 3.95. The van der Waals surface area contributed by atoms with Gasteiger partial charge < -0.3 is 21.3 Å². The second-order valence-corrected chi connectivity index (χ2v) is 5.10. The van der Waals surface area contributed by atoms with Crippen molar-refractivity contribution in [3.63, 3.8) is 0 Å². The molecule has 2 atom stereocenters. The Bertz CT molecular complexity index is 462. The molecule has 0 radical (unpaired) electrons. The number of carbonyl (C=O) groups is 1. The minimum atomic E-state index is -0.319. The number of aromatic hydroxyl groups is 2. The van der Waals surface area contributed by atoms with Gasteiger partial charge >= 0.3 is 0 Å². The van der Waals surface area contributed by atoms with Crippen LogP contribution in [0.5, 0.6) is 11.5 Å². The second kappa shape index (κ2) is 5.93. The van der Waals surface area contributed by atoms with Gasteiger partial charge in [0.2, 0.25) is 0 Å². The summed E-state index contributed by atoms with van der Waals surface area (Å²) >= 11 is 0. The van der Waals surface area contributed by atoms with Gasteiger partial charge in [-0.2, -0.15) is 0 Å². The van der Waals surface area contributed by atoms with Gasteiger partial charge in [0.05, 0.1) is 5.56 Å². The highest BCUT2D eigenvalue weighted by Crippen LogP contribution is 2.30. The second-order valence-electron chi connectivity index (χ2n) is 5.10. The first-order valence-corrected chi connectivity index (χ1v) is 6.62. The summed E-state index contributed by atoms with van der Waals surface area (Å²) in [4.78, 5) is 11.9. The number of nitrogens with two attached hydrogens (primary N) is 1. The van der Waals surface area contributed by atoms with Gasteiger partial charge in [0, 0.05) is 12.6 Å². The van der Waals surface area contributed by atoms with Crippen LogP contribution < -0.4 is 11.1 Å². The summed E-state index contributed by atoms with van der Waals surface area (Å²) < 4.78 is 0. The number of amides is 1. The molecule has 1 saturated carbocycles. The smallest absolute Gasteiger partial charge is 0.255 e. The lowest BCUT2D eigenvalue weighted by Crippen LogP contribution is -2.32. The molecule has 1 aromatic rings. The van der Waals surface area contributed by atoms with Crippen molar-refractivity contribution < 1.29 is 15.0 Å². The summed E-state index contributed by atoms with van der Waals surface area (Å²) in [6.07, 6.45) is 3.37. The van der Waals surface area contributed by atoms with Crippen molar-refractivity contribution >= 4 is 5.91 Å². The Kier molecular flexibility index (Phi) is 4.27. The summed E-state index contributed by atoms with van der Waals surface area (Å²) in [7, 11) is 0. The van der Waals surface area contributed by atoms with Crippen LogP contribution in [-0.4, -0.2) is 29.2 Å². The fourth-order valence-electron chi connectivity index (χ4n) is 2.72. The highest BCUT2D eigenvalue weighted by molar-refractivity contribution is 5.96. The molecular formula is C14H20N2O3. The SMILES string of the molecule is NCC1CCCC1CNC(=O)c1ccc(O)cc1O. The Balaban J connectivity index is 1.94. The molecule has 1 amide bonds. The number of phenols is 2. The molecule has 104 valence electrons. The lowest BCUT2D eigenvalue weighted by molar-refractivity contribution is 0.0941. The van der Waals surface area contributed by atoms with Gasteiger partial charge in [-0.3, -0.25) is 4.79 Å². The first-order valence-electron chi connectivity index (χ1n) is 6.62. The van der Waals surface area contributed by atoms with E-state index in [1.807, 2.05) is 0 Å². The molecule has 5 N–H and O–H groups in total. The van der Waals surface area contributed by atoms with Crippen LogP contribution in [0.2, 0.25) is 0 Å². The summed E-state index contributed by atoms with van der Waals surface area (Å²) in [5.74, 6) is 0.314. The Morgan fingerprint density at radius 1 is 1.32 bits per heavy atom. The maximum absolute atomic E-state index is 11.9. The number of benzene rings is 1. The Morgan fingerprint density at radius 3 is 2.74 bits per heavy atom. The maximum Gasteiger partial charge on any atom is 0.255 e. The molecule has 0 aromatic heterocycles. The standard InChI is InChI=1S/C14H20N2O3/c15-7-9-2-1-3-10(9)8-16-14(19)12-5-4-11(17)6-13(12)18/h4-6,9-10,17-18H,1-3,7-8,15H2,(H,16,19). The summed E-state index contributed by atoms with van der Waals surface area (Å²) in [6.45, 7) is 1.24. The predicted molar refractivity (Wildman–Crippen MR) is 72.0 cm³/mol. The monoisotopic (exact) mass is 264 g/mol. The van der Waals surface area contributed by atoms with Crippen molar-refractivity contribution in [1.29, 1.82) is 0 Å². The van der Waals surface area contributed by atoms with Crippen LogP contribution in [-0.2, 0) is 0 Å². The third kappa shape index (κ3) is 3.17. The number of phenolic OH excluding ortho intramolecular Hbond substituents is 2. The largest absolute Gasteiger partial charge is 0.508 e. The molecule has 5 nitrogen and oxygen atoms in total. The van der Waals surface area contributed by atoms with Crippen molar-refractivity contribution in [2.24, 2.45) is 17.6 Å². The molecule has 19 heavy (non-hydrogen) atoms. The summed E-state index contributed by atoms with van der Waals surface area (Å²) in [5, 5.41) is 21.6. The quantitative estimate of drug-likeness (QED) is 0.657. The molecule has 0 aliphatic heterocycles. The van der Waals surface area contributed by atoms with Crippen molar-refractivity contribution in [2.45, 2.75) is 19.3 Å². The zero-order valence-electron chi connectivity index (χ0n) is 10.8. The number of nitrogens with one attached hydrogen (secondary N) is 1. The molecule has 2 unspecified atom stereocenters. The van der Waals surface area contributed by atoms with E-state index in [4.69, 9.17) is 5.73 Å². The van der Waals surface area contributed by atoms with Crippen molar-refractivity contribution in [3.8, 4) is 11.5 Å². The van der Waals surface area contributed by atoms with Crippen LogP contribution >= 0.6 is 0 Å². The molecule has 1 aliphatic rings. The van der Waals surface area contributed by atoms with Crippen molar-refractivity contribution in [1.82, 2.24) is 5.32 Å². The third-order valence-corrected chi connectivity index (χ3v) is 3.87. The van der Waals surface area contributed by atoms with E-state index < -0.39 is 0 Å². The minimum absolute atomic E-state index is 0.0620. The Morgan fingerprint density at radius 2 is 2.05 bits per heavy atom. The molecule has 0 heterocycles. The van der Waals surface area contributed by atoms with Gasteiger partial charge in [0.1, 0.15) is 11.5 Å². The highest BCUT2D eigenvalue weighted by Gasteiger charge is 2.26. The number of rotatable bonds is 4. The van der Waals surface area contributed by atoms with E-state index in [-0.39, 0.29) is 23.0 Å². The minimum Gasteiger partial charge on any atom is -0.508 e. The zero-order valence-corrected chi connectivity index (χ0v) is 10.8. The predicted octanol–water partition coefficient (Wildman–Crippen LogP) is 1.20. The Hall–Kier alpha value is -1.75. The van der Waals surface area contributed by atoms with Gasteiger partial charge in [-0.15, -0.1) is 0 Å². The molecular weight excluding hydrogens is 244 g/mol. The number of carbonyl (C=O) groups excluding carboxylic acids is 1. The van der Waals surface area contributed by atoms with E-state index in [9.17, 15) is 15.0 Å². The highest BCUT2D eigenvalue weighted by atomic mass is 16.3. The van der Waals surface area contributed by atoms with Crippen LogP contribution in [0.4, 0.5) is 0 Å². The first kappa shape index (κ1) is 13.7. The molecule has 0 spiro atoms. The molecule has 2 rings (SSSR count). The van der Waals surface area contributed by atoms with Crippen molar-refractivity contribution in [2.75, 3.05) is 13.1 Å². The van der Waals surface area contributed by atoms with Gasteiger partial charge in [-0.25, -0.2) is 0 Å². The third-order valence-electron chi connectivity index (χ3n) is 3.87. The lowest BCUT2D eigenvalue weighted by Gasteiger charge is -2.18. The zero-order chi connectivity index (χ0) is 13.8. The summed E-state index contributed by atoms with van der Waals surface area (Å²) in [5.41, 5.74) is 5.88. The fraction of sp³-hybridized carbons (Fsp3) is 0.500. The topological polar surface area (TPSA) is 95.6 Å². The molecule has 1 aliphatic carbocycles. The average molecular weight is 264 g/mol. The van der Waals surface area contributed by atoms with E-state index in [1.165, 1.54) is 12.1 Å². The van der Waals surface area contributed by atoms with Crippen LogP contribution in [0.15, 0.2) is 18.2 Å². The van der Waals surface area contributed by atoms with Gasteiger partial charge in [-0.05, 0) is 43.4 Å². The van der Waals surface area contributed by atoms with E-state index in [0.717, 1.165) is 25.3 Å². The molecule has 1 aromatic carbocycles. The maximum atomic E-state index is 11.9. The molecule has 1 fully saturated rings. The fourth-order valence-corrected chi connectivity index (χ4v) is 2.72. The van der Waals surface area contributed by atoms with Crippen LogP contribution in [0.25, 0.3) is 0 Å². The van der Waals surface area contributed by atoms with Gasteiger partial charge in [-0.1, -0.05) is 6.42 Å². The van der Waals surface area contributed by atoms with E-state index in [2.05, 4.69) is 5.32 Å². The lowest BCUT2D eigenvalue weighted by atomic mass is 9.96. The van der Waals surface area contributed by atoms with Crippen LogP contribution in [0.3, 0.4) is 0 Å². The molecule has 0 bridgehead atoms. The van der Waals surface area contributed by atoms with E-state index in [1.54, 1.807) is 0 Å². The van der Waals surface area contributed by atoms with E-state index >= 15 is 0 Å². The molecule has 5 heteroatoms. The first-order chi connectivity index (χ1) is 9.11. The van der Waals surface area contributed by atoms with Crippen LogP contribution in [0.1, 0.15) is 29.6 Å². The number of hydrogen-bond donors (Lipinski definition) is 4. The number of hydrogen-bond acceptors (Lipinski definition) is 4. The van der Waals surface area contributed by atoms with Gasteiger partial charge in [0.15, 0.2) is 0 Å². The van der Waals surface area contributed by atoms with Crippen LogP contribution in [0, 0.1) is 11.8 Å². The Labute approximate surface area is 112 Å². The van der Waals surface area contributed by atoms with Gasteiger partial charge in [0.25, 0.3) is 5.91 Å². The normalized spacial score (nSPS) is 22.4. The average Bonchev–Trinajstić information content (AvgIpc) is 2.83.